The number of nitrogens with zero attached hydrogens (tertiary/aromatic N) is 2. The summed E-state index contributed by atoms with van der Waals surface area (Å²) >= 11 is 5.86. The van der Waals surface area contributed by atoms with E-state index in [1.165, 1.54) is 23.1 Å². The molecule has 2 N–H and O–H groups in total. The van der Waals surface area contributed by atoms with Gasteiger partial charge in [0.05, 0.1) is 4.92 Å². The molecule has 0 spiro atoms. The molecule has 1 fully saturated rings. The summed E-state index contributed by atoms with van der Waals surface area (Å²) in [5.74, 6) is 0. The van der Waals surface area contributed by atoms with E-state index in [9.17, 15) is 14.9 Å². The maximum atomic E-state index is 11.0. The molecular weight excluding hydrogens is 286 g/mol. The maximum Gasteiger partial charge on any atom is 0.407 e. The van der Waals surface area contributed by atoms with Gasteiger partial charge in [-0.2, -0.15) is 0 Å². The van der Waals surface area contributed by atoms with E-state index in [1.54, 1.807) is 0 Å². The average molecular weight is 300 g/mol. The first-order valence-electron chi connectivity index (χ1n) is 6.15. The van der Waals surface area contributed by atoms with E-state index in [1.807, 2.05) is 0 Å². The summed E-state index contributed by atoms with van der Waals surface area (Å²) in [5.41, 5.74) is 0.339. The molecule has 20 heavy (non-hydrogen) atoms. The summed E-state index contributed by atoms with van der Waals surface area (Å²) in [4.78, 5) is 22.6. The number of nitro groups is 1. The van der Waals surface area contributed by atoms with Crippen LogP contribution in [-0.2, 0) is 0 Å². The quantitative estimate of drug-likeness (QED) is 0.661. The molecule has 0 aromatic heterocycles. The Balaban J connectivity index is 2.06. The van der Waals surface area contributed by atoms with E-state index in [-0.39, 0.29) is 11.7 Å². The molecule has 108 valence electrons. The molecule has 1 heterocycles. The van der Waals surface area contributed by atoms with Gasteiger partial charge in [0.25, 0.3) is 5.69 Å². The fourth-order valence-electron chi connectivity index (χ4n) is 2.22. The summed E-state index contributed by atoms with van der Waals surface area (Å²) in [6.07, 6.45) is 0.281. The molecule has 2 rings (SSSR count). The van der Waals surface area contributed by atoms with Crippen LogP contribution in [0.1, 0.15) is 12.8 Å². The molecule has 1 aromatic carbocycles. The molecule has 1 aliphatic rings. The Morgan fingerprint density at radius 2 is 2.10 bits per heavy atom. The number of amides is 1. The zero-order valence-electron chi connectivity index (χ0n) is 10.6. The first-order chi connectivity index (χ1) is 9.47. The van der Waals surface area contributed by atoms with Crippen LogP contribution in [0.2, 0.25) is 5.02 Å². The second-order valence-corrected chi connectivity index (χ2v) is 5.04. The van der Waals surface area contributed by atoms with E-state index in [4.69, 9.17) is 16.7 Å². The predicted molar refractivity (Wildman–Crippen MR) is 74.3 cm³/mol. The molecule has 0 unspecified atom stereocenters. The van der Waals surface area contributed by atoms with Crippen LogP contribution in [0.4, 0.5) is 16.2 Å². The Morgan fingerprint density at radius 1 is 1.45 bits per heavy atom. The molecular formula is C12H14ClN3O4. The van der Waals surface area contributed by atoms with Crippen LogP contribution in [0, 0.1) is 10.1 Å². The van der Waals surface area contributed by atoms with E-state index < -0.39 is 11.0 Å². The zero-order valence-corrected chi connectivity index (χ0v) is 11.3. The van der Waals surface area contributed by atoms with Crippen LogP contribution < -0.4 is 5.32 Å². The van der Waals surface area contributed by atoms with Gasteiger partial charge in [0.2, 0.25) is 0 Å². The first-order valence-corrected chi connectivity index (χ1v) is 6.53. The number of carbonyl (C=O) groups is 1. The van der Waals surface area contributed by atoms with Crippen molar-refractivity contribution < 1.29 is 14.8 Å². The molecule has 1 aromatic rings. The SMILES string of the molecule is O=C(O)N1CCC(Nc2cc(Cl)ccc2[N+](=O)[O-])CC1. The topological polar surface area (TPSA) is 95.7 Å². The van der Waals surface area contributed by atoms with Crippen molar-refractivity contribution >= 4 is 29.1 Å². The Hall–Kier alpha value is -2.02. The fourth-order valence-corrected chi connectivity index (χ4v) is 2.39. The van der Waals surface area contributed by atoms with E-state index in [2.05, 4.69) is 5.32 Å². The van der Waals surface area contributed by atoms with Crippen molar-refractivity contribution in [2.45, 2.75) is 18.9 Å². The largest absolute Gasteiger partial charge is 0.465 e. The molecule has 1 saturated heterocycles. The molecule has 1 aliphatic heterocycles. The highest BCUT2D eigenvalue weighted by Gasteiger charge is 2.24. The van der Waals surface area contributed by atoms with Crippen molar-refractivity contribution in [3.8, 4) is 0 Å². The molecule has 0 atom stereocenters. The molecule has 0 aliphatic carbocycles. The van der Waals surface area contributed by atoms with Gasteiger partial charge in [0.15, 0.2) is 0 Å². The minimum Gasteiger partial charge on any atom is -0.465 e. The van der Waals surface area contributed by atoms with Crippen LogP contribution in [-0.4, -0.2) is 40.2 Å². The number of nitrogens with one attached hydrogen (secondary N) is 1. The van der Waals surface area contributed by atoms with Gasteiger partial charge in [-0.25, -0.2) is 4.79 Å². The lowest BCUT2D eigenvalue weighted by atomic mass is 10.0. The number of likely N-dealkylation sites (tertiary alicyclic amines) is 1. The van der Waals surface area contributed by atoms with Crippen molar-refractivity contribution in [2.75, 3.05) is 18.4 Å². The van der Waals surface area contributed by atoms with Crippen LogP contribution in [0.5, 0.6) is 0 Å². The van der Waals surface area contributed by atoms with E-state index >= 15 is 0 Å². The number of hydrogen-bond donors (Lipinski definition) is 2. The van der Waals surface area contributed by atoms with E-state index in [0.29, 0.717) is 36.6 Å². The Bertz CT molecular complexity index is 529. The molecule has 7 nitrogen and oxygen atoms in total. The van der Waals surface area contributed by atoms with Crippen molar-refractivity contribution in [2.24, 2.45) is 0 Å². The Morgan fingerprint density at radius 3 is 2.65 bits per heavy atom. The summed E-state index contributed by atoms with van der Waals surface area (Å²) in [6, 6.07) is 4.35. The van der Waals surface area contributed by atoms with Crippen LogP contribution in [0.25, 0.3) is 0 Å². The van der Waals surface area contributed by atoms with Crippen molar-refractivity contribution in [3.63, 3.8) is 0 Å². The third-order valence-corrected chi connectivity index (χ3v) is 3.52. The number of hydrogen-bond acceptors (Lipinski definition) is 4. The predicted octanol–water partition coefficient (Wildman–Crippen LogP) is 2.80. The van der Waals surface area contributed by atoms with Gasteiger partial charge in [0, 0.05) is 30.2 Å². The monoisotopic (exact) mass is 299 g/mol. The van der Waals surface area contributed by atoms with Crippen LogP contribution >= 0.6 is 11.6 Å². The molecule has 1 amide bonds. The highest BCUT2D eigenvalue weighted by Crippen LogP contribution is 2.29. The number of anilines is 1. The van der Waals surface area contributed by atoms with Gasteiger partial charge in [0.1, 0.15) is 5.69 Å². The number of carboxylic acid groups (broad SMARTS) is 1. The van der Waals surface area contributed by atoms with Gasteiger partial charge in [-0.05, 0) is 25.0 Å². The lowest BCUT2D eigenvalue weighted by molar-refractivity contribution is -0.384. The van der Waals surface area contributed by atoms with Crippen LogP contribution in [0.15, 0.2) is 18.2 Å². The minimum absolute atomic E-state index is 0.00256. The third kappa shape index (κ3) is 3.30. The standard InChI is InChI=1S/C12H14ClN3O4/c13-8-1-2-11(16(19)20)10(7-8)14-9-3-5-15(6-4-9)12(17)18/h1-2,7,9,14H,3-6H2,(H,17,18). The number of rotatable bonds is 3. The van der Waals surface area contributed by atoms with Gasteiger partial charge in [-0.1, -0.05) is 11.6 Å². The van der Waals surface area contributed by atoms with Gasteiger partial charge < -0.3 is 15.3 Å². The van der Waals surface area contributed by atoms with E-state index in [0.717, 1.165) is 0 Å². The summed E-state index contributed by atoms with van der Waals surface area (Å²) < 4.78 is 0. The summed E-state index contributed by atoms with van der Waals surface area (Å²) in [5, 5.41) is 23.3. The van der Waals surface area contributed by atoms with Crippen LogP contribution in [0.3, 0.4) is 0 Å². The first kappa shape index (κ1) is 14.4. The lowest BCUT2D eigenvalue weighted by Gasteiger charge is -2.30. The third-order valence-electron chi connectivity index (χ3n) is 3.28. The highest BCUT2D eigenvalue weighted by molar-refractivity contribution is 6.31. The number of piperidine rings is 1. The molecule has 8 heteroatoms. The summed E-state index contributed by atoms with van der Waals surface area (Å²) in [7, 11) is 0. The second-order valence-electron chi connectivity index (χ2n) is 4.61. The van der Waals surface area contributed by atoms with Gasteiger partial charge >= 0.3 is 6.09 Å². The van der Waals surface area contributed by atoms with Gasteiger partial charge in [-0.15, -0.1) is 0 Å². The molecule has 0 saturated carbocycles. The maximum absolute atomic E-state index is 11.0. The minimum atomic E-state index is -0.933. The highest BCUT2D eigenvalue weighted by atomic mass is 35.5. The van der Waals surface area contributed by atoms with Crippen molar-refractivity contribution in [1.29, 1.82) is 0 Å². The summed E-state index contributed by atoms with van der Waals surface area (Å²) in [6.45, 7) is 0.836. The van der Waals surface area contributed by atoms with Crippen molar-refractivity contribution in [1.82, 2.24) is 4.90 Å². The zero-order chi connectivity index (χ0) is 14.7. The average Bonchev–Trinajstić information content (AvgIpc) is 2.39. The fraction of sp³-hybridized carbons (Fsp3) is 0.417. The smallest absolute Gasteiger partial charge is 0.407 e. The Labute approximate surface area is 120 Å². The number of nitro benzene ring substituents is 1. The Kier molecular flexibility index (Phi) is 4.29. The lowest BCUT2D eigenvalue weighted by Crippen LogP contribution is -2.41. The number of benzene rings is 1. The number of halogens is 1. The van der Waals surface area contributed by atoms with Gasteiger partial charge in [-0.3, -0.25) is 10.1 Å². The molecule has 0 bridgehead atoms. The van der Waals surface area contributed by atoms with Crippen molar-refractivity contribution in [3.05, 3.63) is 33.3 Å². The molecule has 0 radical (unpaired) electrons. The normalized spacial score (nSPS) is 15.9. The second kappa shape index (κ2) is 5.96.